The molecule has 0 saturated heterocycles. The number of carboxylic acid groups (broad SMARTS) is 1. The Morgan fingerprint density at radius 3 is 2.47 bits per heavy atom. The van der Waals surface area contributed by atoms with Crippen molar-refractivity contribution in [3.8, 4) is 0 Å². The zero-order chi connectivity index (χ0) is 14.0. The Hall–Kier alpha value is -1.26. The minimum Gasteiger partial charge on any atom is -0.481 e. The SMILES string of the molecule is CC(C1CC1)N(C)C(=O)NCC1(CC(=O)O)CCC1. The number of carbonyl (C=O) groups is 2. The average Bonchev–Trinajstić information content (AvgIpc) is 3.13. The number of amides is 2. The largest absolute Gasteiger partial charge is 0.481 e. The molecule has 19 heavy (non-hydrogen) atoms. The van der Waals surface area contributed by atoms with E-state index in [9.17, 15) is 9.59 Å². The predicted molar refractivity (Wildman–Crippen MR) is 71.9 cm³/mol. The molecule has 0 aromatic rings. The van der Waals surface area contributed by atoms with Crippen molar-refractivity contribution >= 4 is 12.0 Å². The minimum atomic E-state index is -0.770. The maximum Gasteiger partial charge on any atom is 0.317 e. The van der Waals surface area contributed by atoms with Crippen LogP contribution in [-0.4, -0.2) is 41.6 Å². The van der Waals surface area contributed by atoms with Crippen LogP contribution in [0.25, 0.3) is 0 Å². The molecule has 5 heteroatoms. The fourth-order valence-corrected chi connectivity index (χ4v) is 2.88. The summed E-state index contributed by atoms with van der Waals surface area (Å²) in [4.78, 5) is 24.7. The molecule has 0 aromatic carbocycles. The molecule has 2 fully saturated rings. The number of nitrogens with one attached hydrogen (secondary N) is 1. The van der Waals surface area contributed by atoms with Crippen molar-refractivity contribution in [3.63, 3.8) is 0 Å². The molecule has 1 atom stereocenters. The third kappa shape index (κ3) is 3.39. The quantitative estimate of drug-likeness (QED) is 0.774. The number of aliphatic carboxylic acids is 1. The smallest absolute Gasteiger partial charge is 0.317 e. The van der Waals surface area contributed by atoms with E-state index < -0.39 is 5.97 Å². The molecule has 108 valence electrons. The van der Waals surface area contributed by atoms with Crippen LogP contribution in [-0.2, 0) is 4.79 Å². The van der Waals surface area contributed by atoms with Crippen LogP contribution in [0.5, 0.6) is 0 Å². The van der Waals surface area contributed by atoms with Gasteiger partial charge in [0.1, 0.15) is 0 Å². The molecular weight excluding hydrogens is 244 g/mol. The van der Waals surface area contributed by atoms with Gasteiger partial charge in [0.2, 0.25) is 0 Å². The zero-order valence-electron chi connectivity index (χ0n) is 11.8. The van der Waals surface area contributed by atoms with E-state index in [0.29, 0.717) is 12.5 Å². The highest BCUT2D eigenvalue weighted by molar-refractivity contribution is 5.74. The topological polar surface area (TPSA) is 69.6 Å². The van der Waals surface area contributed by atoms with E-state index in [1.807, 2.05) is 7.05 Å². The lowest BCUT2D eigenvalue weighted by atomic mass is 9.66. The van der Waals surface area contributed by atoms with Gasteiger partial charge in [-0.2, -0.15) is 0 Å². The van der Waals surface area contributed by atoms with Crippen molar-refractivity contribution in [2.24, 2.45) is 11.3 Å². The Bertz CT molecular complexity index is 362. The molecule has 2 aliphatic carbocycles. The lowest BCUT2D eigenvalue weighted by molar-refractivity contribution is -0.141. The summed E-state index contributed by atoms with van der Waals surface area (Å²) in [6.07, 6.45) is 5.46. The predicted octanol–water partition coefficient (Wildman–Crippen LogP) is 2.07. The van der Waals surface area contributed by atoms with Crippen LogP contribution in [0.2, 0.25) is 0 Å². The zero-order valence-corrected chi connectivity index (χ0v) is 11.8. The van der Waals surface area contributed by atoms with Gasteiger partial charge in [0.05, 0.1) is 6.42 Å². The fraction of sp³-hybridized carbons (Fsp3) is 0.857. The van der Waals surface area contributed by atoms with Crippen molar-refractivity contribution in [3.05, 3.63) is 0 Å². The number of hydrogen-bond donors (Lipinski definition) is 2. The molecule has 0 aromatic heterocycles. The molecule has 0 aliphatic heterocycles. The van der Waals surface area contributed by atoms with Crippen molar-refractivity contribution in [2.75, 3.05) is 13.6 Å². The Kier molecular flexibility index (Phi) is 4.02. The van der Waals surface area contributed by atoms with E-state index >= 15 is 0 Å². The highest BCUT2D eigenvalue weighted by Crippen LogP contribution is 2.43. The Labute approximate surface area is 114 Å². The van der Waals surface area contributed by atoms with Crippen LogP contribution in [0.1, 0.15) is 45.4 Å². The first-order valence-electron chi connectivity index (χ1n) is 7.16. The van der Waals surface area contributed by atoms with E-state index in [1.165, 1.54) is 12.8 Å². The summed E-state index contributed by atoms with van der Waals surface area (Å²) in [5.41, 5.74) is -0.203. The van der Waals surface area contributed by atoms with Gasteiger partial charge in [-0.25, -0.2) is 4.79 Å². The number of nitrogens with zero attached hydrogens (tertiary/aromatic N) is 1. The highest BCUT2D eigenvalue weighted by atomic mass is 16.4. The standard InChI is InChI=1S/C14H24N2O3/c1-10(11-4-5-11)16(2)13(19)15-9-14(6-3-7-14)8-12(17)18/h10-11H,3-9H2,1-2H3,(H,15,19)(H,17,18). The number of urea groups is 1. The third-order valence-corrected chi connectivity index (χ3v) is 4.79. The minimum absolute atomic E-state index is 0.0731. The molecule has 0 spiro atoms. The van der Waals surface area contributed by atoms with E-state index in [1.54, 1.807) is 4.90 Å². The van der Waals surface area contributed by atoms with Crippen molar-refractivity contribution < 1.29 is 14.7 Å². The molecule has 0 radical (unpaired) electrons. The summed E-state index contributed by atoms with van der Waals surface area (Å²) in [7, 11) is 1.82. The summed E-state index contributed by atoms with van der Waals surface area (Å²) in [5, 5.41) is 11.9. The second-order valence-electron chi connectivity index (χ2n) is 6.27. The normalized spacial score (nSPS) is 22.2. The molecule has 0 heterocycles. The maximum atomic E-state index is 12.1. The van der Waals surface area contributed by atoms with Crippen LogP contribution >= 0.6 is 0 Å². The van der Waals surface area contributed by atoms with E-state index in [4.69, 9.17) is 5.11 Å². The van der Waals surface area contributed by atoms with Gasteiger partial charge in [0, 0.05) is 19.6 Å². The van der Waals surface area contributed by atoms with Crippen molar-refractivity contribution in [1.82, 2.24) is 10.2 Å². The van der Waals surface area contributed by atoms with Crippen LogP contribution in [0.15, 0.2) is 0 Å². The van der Waals surface area contributed by atoms with Crippen LogP contribution in [0.4, 0.5) is 4.79 Å². The molecule has 0 bridgehead atoms. The number of carbonyl (C=O) groups excluding carboxylic acids is 1. The molecular formula is C14H24N2O3. The summed E-state index contributed by atoms with van der Waals surface area (Å²) in [6.45, 7) is 2.56. The third-order valence-electron chi connectivity index (χ3n) is 4.79. The Balaban J connectivity index is 1.80. The Morgan fingerprint density at radius 1 is 1.42 bits per heavy atom. The van der Waals surface area contributed by atoms with Crippen LogP contribution in [0.3, 0.4) is 0 Å². The molecule has 2 N–H and O–H groups in total. The van der Waals surface area contributed by atoms with Gasteiger partial charge >= 0.3 is 12.0 Å². The molecule has 1 unspecified atom stereocenters. The van der Waals surface area contributed by atoms with Crippen LogP contribution < -0.4 is 5.32 Å². The van der Waals surface area contributed by atoms with Gasteiger partial charge in [0.25, 0.3) is 0 Å². The second-order valence-corrected chi connectivity index (χ2v) is 6.27. The summed E-state index contributed by atoms with van der Waals surface area (Å²) in [6, 6.07) is 0.202. The molecule has 5 nitrogen and oxygen atoms in total. The van der Waals surface area contributed by atoms with Crippen molar-refractivity contribution in [1.29, 1.82) is 0 Å². The van der Waals surface area contributed by atoms with Gasteiger partial charge in [-0.05, 0) is 43.9 Å². The molecule has 2 amide bonds. The summed E-state index contributed by atoms with van der Waals surface area (Å²) in [5.74, 6) is -0.124. The van der Waals surface area contributed by atoms with Gasteiger partial charge in [-0.3, -0.25) is 4.79 Å². The first-order valence-corrected chi connectivity index (χ1v) is 7.16. The molecule has 2 aliphatic rings. The first-order chi connectivity index (χ1) is 8.93. The first kappa shape index (κ1) is 14.2. The molecule has 2 rings (SSSR count). The van der Waals surface area contributed by atoms with Crippen LogP contribution in [0, 0.1) is 11.3 Å². The fourth-order valence-electron chi connectivity index (χ4n) is 2.88. The Morgan fingerprint density at radius 2 is 2.05 bits per heavy atom. The number of carboxylic acids is 1. The van der Waals surface area contributed by atoms with E-state index in [0.717, 1.165) is 19.3 Å². The second kappa shape index (κ2) is 5.39. The highest BCUT2D eigenvalue weighted by Gasteiger charge is 2.40. The van der Waals surface area contributed by atoms with Gasteiger partial charge in [-0.15, -0.1) is 0 Å². The monoisotopic (exact) mass is 268 g/mol. The van der Waals surface area contributed by atoms with Gasteiger partial charge in [-0.1, -0.05) is 6.42 Å². The lowest BCUT2D eigenvalue weighted by Gasteiger charge is -2.41. The lowest BCUT2D eigenvalue weighted by Crippen LogP contribution is -2.49. The summed E-state index contributed by atoms with van der Waals surface area (Å²) >= 11 is 0. The maximum absolute atomic E-state index is 12.1. The van der Waals surface area contributed by atoms with E-state index in [2.05, 4.69) is 12.2 Å². The number of hydrogen-bond acceptors (Lipinski definition) is 2. The van der Waals surface area contributed by atoms with E-state index in [-0.39, 0.29) is 23.9 Å². The number of rotatable bonds is 6. The van der Waals surface area contributed by atoms with Gasteiger partial charge < -0.3 is 15.3 Å². The average molecular weight is 268 g/mol. The van der Waals surface area contributed by atoms with Gasteiger partial charge in [0.15, 0.2) is 0 Å². The molecule has 2 saturated carbocycles. The van der Waals surface area contributed by atoms with Crippen molar-refractivity contribution in [2.45, 2.75) is 51.5 Å². The summed E-state index contributed by atoms with van der Waals surface area (Å²) < 4.78 is 0.